The Morgan fingerprint density at radius 3 is 2.11 bits per heavy atom. The predicted octanol–water partition coefficient (Wildman–Crippen LogP) is 0.319. The summed E-state index contributed by atoms with van der Waals surface area (Å²) in [4.78, 5) is 10.4. The summed E-state index contributed by atoms with van der Waals surface area (Å²) in [7, 11) is 0. The Morgan fingerprint density at radius 2 is 2.00 bits per heavy atom. The van der Waals surface area contributed by atoms with E-state index in [0.717, 1.165) is 0 Å². The maximum absolute atomic E-state index is 10.4. The Morgan fingerprint density at radius 1 is 1.56 bits per heavy atom. The second-order valence-electron chi connectivity index (χ2n) is 1.99. The van der Waals surface area contributed by atoms with Gasteiger partial charge in [0.2, 0.25) is 0 Å². The highest BCUT2D eigenvalue weighted by Crippen LogP contribution is 1.94. The van der Waals surface area contributed by atoms with Crippen molar-refractivity contribution in [2.24, 2.45) is 0 Å². The van der Waals surface area contributed by atoms with Crippen LogP contribution in [0.3, 0.4) is 0 Å². The molecule has 0 aromatic rings. The minimum atomic E-state index is -0.858. The summed E-state index contributed by atoms with van der Waals surface area (Å²) in [6.45, 7) is 4.50. The molecule has 0 aromatic carbocycles. The molecule has 0 radical (unpaired) electrons. The number of hydrogen-bond donors (Lipinski definition) is 1. The molecule has 0 heterocycles. The number of hydrogen-bond acceptors (Lipinski definition) is 3. The Labute approximate surface area is 54.6 Å². The molecule has 0 saturated heterocycles. The minimum absolute atomic E-state index is 0.0732. The van der Waals surface area contributed by atoms with Gasteiger partial charge < -0.3 is 9.84 Å². The van der Waals surface area contributed by atoms with Gasteiger partial charge in [-0.25, -0.2) is 0 Å². The third-order valence-electron chi connectivity index (χ3n) is 0.974. The van der Waals surface area contributed by atoms with E-state index in [-0.39, 0.29) is 5.78 Å². The Hall–Kier alpha value is -0.410. The van der Waals surface area contributed by atoms with Gasteiger partial charge in [-0.1, -0.05) is 0 Å². The Balaban J connectivity index is 3.50. The van der Waals surface area contributed by atoms with Crippen LogP contribution in [-0.4, -0.2) is 23.3 Å². The molecule has 0 spiro atoms. The lowest BCUT2D eigenvalue weighted by Crippen LogP contribution is -2.22. The molecule has 3 nitrogen and oxygen atoms in total. The molecule has 0 amide bonds. The van der Waals surface area contributed by atoms with Crippen molar-refractivity contribution in [3.8, 4) is 0 Å². The number of aliphatic hydroxyl groups excluding tert-OH is 1. The zero-order valence-electron chi connectivity index (χ0n) is 5.92. The summed E-state index contributed by atoms with van der Waals surface area (Å²) in [5.41, 5.74) is 0. The van der Waals surface area contributed by atoms with Crippen LogP contribution < -0.4 is 0 Å². The summed E-state index contributed by atoms with van der Waals surface area (Å²) >= 11 is 0. The lowest BCUT2D eigenvalue weighted by molar-refractivity contribution is -0.149. The number of rotatable bonds is 3. The third kappa shape index (κ3) is 4.12. The van der Waals surface area contributed by atoms with Crippen molar-refractivity contribution in [3.63, 3.8) is 0 Å². The van der Waals surface area contributed by atoms with Gasteiger partial charge in [0.05, 0.1) is 0 Å². The zero-order chi connectivity index (χ0) is 7.44. The van der Waals surface area contributed by atoms with E-state index >= 15 is 0 Å². The molecule has 2 atom stereocenters. The van der Waals surface area contributed by atoms with Gasteiger partial charge in [0.1, 0.15) is 6.10 Å². The molecule has 1 N–H and O–H groups in total. The quantitative estimate of drug-likeness (QED) is 0.562. The van der Waals surface area contributed by atoms with Gasteiger partial charge in [0.15, 0.2) is 12.1 Å². The van der Waals surface area contributed by atoms with Crippen LogP contribution in [0.5, 0.6) is 0 Å². The normalized spacial score (nSPS) is 16.9. The second-order valence-corrected chi connectivity index (χ2v) is 1.99. The molecule has 0 rings (SSSR count). The maximum atomic E-state index is 10.4. The van der Waals surface area contributed by atoms with Crippen molar-refractivity contribution in [2.45, 2.75) is 33.2 Å². The fraction of sp³-hybridized carbons (Fsp3) is 0.833. The first-order chi connectivity index (χ1) is 4.04. The van der Waals surface area contributed by atoms with E-state index in [1.807, 2.05) is 0 Å². The van der Waals surface area contributed by atoms with E-state index in [1.165, 1.54) is 13.8 Å². The molecule has 0 fully saturated rings. The molecule has 0 aliphatic heterocycles. The molecule has 0 bridgehead atoms. The molecule has 2 unspecified atom stereocenters. The van der Waals surface area contributed by atoms with Gasteiger partial charge in [-0.15, -0.1) is 0 Å². The van der Waals surface area contributed by atoms with Gasteiger partial charge in [-0.05, 0) is 20.8 Å². The number of aliphatic hydroxyl groups is 1. The highest BCUT2D eigenvalue weighted by atomic mass is 16.6. The first-order valence-electron chi connectivity index (χ1n) is 2.88. The predicted molar refractivity (Wildman–Crippen MR) is 32.9 cm³/mol. The monoisotopic (exact) mass is 132 g/mol. The van der Waals surface area contributed by atoms with Crippen LogP contribution in [0.4, 0.5) is 0 Å². The van der Waals surface area contributed by atoms with E-state index in [9.17, 15) is 4.79 Å². The lowest BCUT2D eigenvalue weighted by Gasteiger charge is -2.10. The van der Waals surface area contributed by atoms with Crippen molar-refractivity contribution in [2.75, 3.05) is 0 Å². The van der Waals surface area contributed by atoms with Crippen molar-refractivity contribution in [1.29, 1.82) is 0 Å². The smallest absolute Gasteiger partial charge is 0.158 e. The van der Waals surface area contributed by atoms with E-state index < -0.39 is 12.4 Å². The summed E-state index contributed by atoms with van der Waals surface area (Å²) in [6, 6.07) is 0. The minimum Gasteiger partial charge on any atom is -0.368 e. The standard InChI is InChI=1S/C6H12O3/c1-4(7)5(2)9-6(3)8/h5-6,8H,1-3H3. The molecule has 9 heavy (non-hydrogen) atoms. The Bertz CT molecular complexity index is 98.5. The van der Waals surface area contributed by atoms with Crippen molar-refractivity contribution >= 4 is 5.78 Å². The van der Waals surface area contributed by atoms with Gasteiger partial charge in [0, 0.05) is 0 Å². The van der Waals surface area contributed by atoms with Gasteiger partial charge in [-0.2, -0.15) is 0 Å². The van der Waals surface area contributed by atoms with Crippen molar-refractivity contribution in [1.82, 2.24) is 0 Å². The molecular formula is C6H12O3. The molecule has 0 aliphatic carbocycles. The van der Waals surface area contributed by atoms with E-state index in [1.54, 1.807) is 6.92 Å². The zero-order valence-corrected chi connectivity index (χ0v) is 5.92. The number of Topliss-reactive ketones (excluding diaryl/α,β-unsaturated/α-hetero) is 1. The molecule has 0 aliphatic rings. The lowest BCUT2D eigenvalue weighted by atomic mass is 10.3. The van der Waals surface area contributed by atoms with Crippen molar-refractivity contribution < 1.29 is 14.6 Å². The molecule has 54 valence electrons. The summed E-state index contributed by atoms with van der Waals surface area (Å²) in [5, 5.41) is 8.60. The molecule has 0 aromatic heterocycles. The average Bonchev–Trinajstić information content (AvgIpc) is 1.63. The molecule has 0 saturated carbocycles. The average molecular weight is 132 g/mol. The number of ketones is 1. The van der Waals surface area contributed by atoms with Gasteiger partial charge >= 0.3 is 0 Å². The summed E-state index contributed by atoms with van der Waals surface area (Å²) in [6.07, 6.45) is -1.35. The van der Waals surface area contributed by atoms with Crippen LogP contribution in [0, 0.1) is 0 Å². The Kier molecular flexibility index (Phi) is 3.42. The highest BCUT2D eigenvalue weighted by molar-refractivity contribution is 5.79. The summed E-state index contributed by atoms with van der Waals surface area (Å²) in [5.74, 6) is -0.0732. The fourth-order valence-corrected chi connectivity index (χ4v) is 0.391. The van der Waals surface area contributed by atoms with Crippen LogP contribution in [0.2, 0.25) is 0 Å². The van der Waals surface area contributed by atoms with Crippen LogP contribution in [0.1, 0.15) is 20.8 Å². The SMILES string of the molecule is CC(=O)C(C)OC(C)O. The second kappa shape index (κ2) is 3.58. The topological polar surface area (TPSA) is 46.5 Å². The highest BCUT2D eigenvalue weighted by Gasteiger charge is 2.09. The van der Waals surface area contributed by atoms with Crippen LogP contribution >= 0.6 is 0 Å². The number of carbonyl (C=O) groups is 1. The van der Waals surface area contributed by atoms with Crippen LogP contribution in [0.25, 0.3) is 0 Å². The number of ether oxygens (including phenoxy) is 1. The molecule has 3 heteroatoms. The van der Waals surface area contributed by atoms with Gasteiger partial charge in [0.25, 0.3) is 0 Å². The van der Waals surface area contributed by atoms with Gasteiger partial charge in [-0.3, -0.25) is 4.79 Å². The molecular weight excluding hydrogens is 120 g/mol. The van der Waals surface area contributed by atoms with Crippen LogP contribution in [-0.2, 0) is 9.53 Å². The van der Waals surface area contributed by atoms with E-state index in [2.05, 4.69) is 0 Å². The first-order valence-corrected chi connectivity index (χ1v) is 2.88. The maximum Gasteiger partial charge on any atom is 0.158 e. The summed E-state index contributed by atoms with van der Waals surface area (Å²) < 4.78 is 4.72. The number of carbonyl (C=O) groups excluding carboxylic acids is 1. The fourth-order valence-electron chi connectivity index (χ4n) is 0.391. The van der Waals surface area contributed by atoms with Crippen molar-refractivity contribution in [3.05, 3.63) is 0 Å². The van der Waals surface area contributed by atoms with Crippen LogP contribution in [0.15, 0.2) is 0 Å². The van der Waals surface area contributed by atoms with E-state index in [0.29, 0.717) is 0 Å². The largest absolute Gasteiger partial charge is 0.368 e. The third-order valence-corrected chi connectivity index (χ3v) is 0.974. The first kappa shape index (κ1) is 8.59. The van der Waals surface area contributed by atoms with E-state index in [4.69, 9.17) is 9.84 Å².